The van der Waals surface area contributed by atoms with Crippen LogP contribution in [0.4, 0.5) is 0 Å². The van der Waals surface area contributed by atoms with Crippen molar-refractivity contribution in [3.05, 3.63) is 37.1 Å². The van der Waals surface area contributed by atoms with E-state index in [4.69, 9.17) is 16.3 Å². The van der Waals surface area contributed by atoms with Gasteiger partial charge in [-0.25, -0.2) is 4.79 Å². The molecule has 0 aliphatic carbocycles. The number of carbonyl (C=O) groups is 3. The molecule has 0 saturated heterocycles. The summed E-state index contributed by atoms with van der Waals surface area (Å²) in [6.45, 7) is 11.3. The number of amides is 2. The number of hydrogen-bond acceptors (Lipinski definition) is 4. The van der Waals surface area contributed by atoms with Crippen LogP contribution in [0.2, 0.25) is 0 Å². The Balaban J connectivity index is 3.29. The Labute approximate surface area is 153 Å². The van der Waals surface area contributed by atoms with E-state index in [1.54, 1.807) is 26.0 Å². The summed E-state index contributed by atoms with van der Waals surface area (Å²) in [7, 11) is 0. The van der Waals surface area contributed by atoms with Crippen LogP contribution in [-0.2, 0) is 19.1 Å². The number of halogens is 1. The summed E-state index contributed by atoms with van der Waals surface area (Å²) in [5, 5.41) is 0. The molecule has 138 valence electrons. The summed E-state index contributed by atoms with van der Waals surface area (Å²) in [5.74, 6) is -1.60. The molecule has 1 aliphatic rings. The molecule has 7 heteroatoms. The largest absolute Gasteiger partial charge is 0.464 e. The molecular formula is C18H25ClN2O4. The average Bonchev–Trinajstić information content (AvgIpc) is 2.85. The van der Waals surface area contributed by atoms with Crippen LogP contribution in [0, 0.1) is 0 Å². The van der Waals surface area contributed by atoms with E-state index in [1.807, 2.05) is 0 Å². The number of alkyl halides is 1. The van der Waals surface area contributed by atoms with E-state index in [0.717, 1.165) is 0 Å². The molecule has 2 amide bonds. The van der Waals surface area contributed by atoms with Crippen molar-refractivity contribution in [2.45, 2.75) is 32.2 Å². The Hall–Kier alpha value is -2.08. The summed E-state index contributed by atoms with van der Waals surface area (Å²) in [4.78, 5) is 40.3. The van der Waals surface area contributed by atoms with Crippen molar-refractivity contribution in [1.82, 2.24) is 9.80 Å². The zero-order valence-electron chi connectivity index (χ0n) is 14.8. The van der Waals surface area contributed by atoms with Crippen LogP contribution in [0.15, 0.2) is 37.1 Å². The van der Waals surface area contributed by atoms with Crippen LogP contribution >= 0.6 is 11.6 Å². The van der Waals surface area contributed by atoms with Gasteiger partial charge in [-0.15, -0.1) is 24.8 Å². The molecule has 1 unspecified atom stereocenters. The molecule has 0 N–H and O–H groups in total. The third-order valence-electron chi connectivity index (χ3n) is 3.95. The second-order valence-electron chi connectivity index (χ2n) is 5.69. The van der Waals surface area contributed by atoms with Gasteiger partial charge >= 0.3 is 5.97 Å². The van der Waals surface area contributed by atoms with Crippen molar-refractivity contribution in [1.29, 1.82) is 0 Å². The first-order chi connectivity index (χ1) is 11.9. The lowest BCUT2D eigenvalue weighted by Gasteiger charge is -2.32. The standard InChI is InChI=1S/C18H25ClN2O4/c1-5-8-10-20(15(22)13-19)14-12-18(4,17(24)25-7-3)21(16(14)23)11-9-6-2/h5-6,12H,1-2,7-11,13H2,3-4H3. The van der Waals surface area contributed by atoms with Crippen molar-refractivity contribution in [3.8, 4) is 0 Å². The number of nitrogens with zero attached hydrogens (tertiary/aromatic N) is 2. The van der Waals surface area contributed by atoms with Crippen molar-refractivity contribution in [2.24, 2.45) is 0 Å². The van der Waals surface area contributed by atoms with E-state index in [-0.39, 0.29) is 24.7 Å². The molecule has 0 saturated carbocycles. The second kappa shape index (κ2) is 9.42. The summed E-state index contributed by atoms with van der Waals surface area (Å²) >= 11 is 5.68. The highest BCUT2D eigenvalue weighted by atomic mass is 35.5. The normalized spacial score (nSPS) is 19.4. The van der Waals surface area contributed by atoms with Gasteiger partial charge in [-0.05, 0) is 32.8 Å². The molecule has 0 fully saturated rings. The smallest absolute Gasteiger partial charge is 0.335 e. The minimum Gasteiger partial charge on any atom is -0.464 e. The van der Waals surface area contributed by atoms with Gasteiger partial charge in [-0.1, -0.05) is 12.2 Å². The van der Waals surface area contributed by atoms with Gasteiger partial charge in [0.25, 0.3) is 5.91 Å². The topological polar surface area (TPSA) is 66.9 Å². The molecule has 1 atom stereocenters. The minimum absolute atomic E-state index is 0.145. The van der Waals surface area contributed by atoms with E-state index < -0.39 is 23.3 Å². The second-order valence-corrected chi connectivity index (χ2v) is 5.96. The fraction of sp³-hybridized carbons (Fsp3) is 0.500. The third kappa shape index (κ3) is 4.51. The average molecular weight is 369 g/mol. The van der Waals surface area contributed by atoms with E-state index in [2.05, 4.69) is 13.2 Å². The van der Waals surface area contributed by atoms with Gasteiger partial charge in [0.05, 0.1) is 6.61 Å². The van der Waals surface area contributed by atoms with E-state index >= 15 is 0 Å². The van der Waals surface area contributed by atoms with Gasteiger partial charge in [0.2, 0.25) is 5.91 Å². The minimum atomic E-state index is -1.27. The van der Waals surface area contributed by atoms with Gasteiger partial charge in [0, 0.05) is 13.1 Å². The maximum absolute atomic E-state index is 12.9. The molecule has 0 spiro atoms. The fourth-order valence-electron chi connectivity index (χ4n) is 2.62. The lowest BCUT2D eigenvalue weighted by molar-refractivity contribution is -0.156. The first kappa shape index (κ1) is 21.0. The van der Waals surface area contributed by atoms with Crippen molar-refractivity contribution in [3.63, 3.8) is 0 Å². The SMILES string of the molecule is C=CCCN(C(=O)CCl)C1=CC(C)(C(=O)OCC)N(CCC=C)C1=O. The number of esters is 1. The summed E-state index contributed by atoms with van der Waals surface area (Å²) in [5.41, 5.74) is -1.13. The fourth-order valence-corrected chi connectivity index (χ4v) is 2.77. The third-order valence-corrected chi connectivity index (χ3v) is 4.18. The Bertz CT molecular complexity index is 588. The van der Waals surface area contributed by atoms with Crippen LogP contribution in [0.5, 0.6) is 0 Å². The van der Waals surface area contributed by atoms with Gasteiger partial charge < -0.3 is 14.5 Å². The Kier molecular flexibility index (Phi) is 7.90. The molecular weight excluding hydrogens is 344 g/mol. The van der Waals surface area contributed by atoms with Crippen LogP contribution in [0.25, 0.3) is 0 Å². The van der Waals surface area contributed by atoms with E-state index in [0.29, 0.717) is 19.4 Å². The molecule has 0 aromatic heterocycles. The Morgan fingerprint density at radius 2 is 2.00 bits per heavy atom. The number of carbonyl (C=O) groups excluding carboxylic acids is 3. The van der Waals surface area contributed by atoms with Crippen LogP contribution in [-0.4, -0.2) is 58.7 Å². The van der Waals surface area contributed by atoms with Gasteiger partial charge in [-0.2, -0.15) is 0 Å². The van der Waals surface area contributed by atoms with Crippen molar-refractivity contribution in [2.75, 3.05) is 25.6 Å². The zero-order chi connectivity index (χ0) is 19.0. The number of ether oxygens (including phenoxy) is 1. The molecule has 0 aromatic rings. The molecule has 0 bridgehead atoms. The van der Waals surface area contributed by atoms with Gasteiger partial charge in [0.1, 0.15) is 11.6 Å². The molecule has 1 aliphatic heterocycles. The monoisotopic (exact) mass is 368 g/mol. The lowest BCUT2D eigenvalue weighted by atomic mass is 10.0. The van der Waals surface area contributed by atoms with Gasteiger partial charge in [-0.3, -0.25) is 9.59 Å². The highest BCUT2D eigenvalue weighted by Crippen LogP contribution is 2.32. The van der Waals surface area contributed by atoms with E-state index in [1.165, 1.54) is 15.9 Å². The van der Waals surface area contributed by atoms with Crippen LogP contribution < -0.4 is 0 Å². The maximum atomic E-state index is 12.9. The summed E-state index contributed by atoms with van der Waals surface area (Å²) in [6.07, 6.45) is 5.81. The number of hydrogen-bond donors (Lipinski definition) is 0. The van der Waals surface area contributed by atoms with E-state index in [9.17, 15) is 14.4 Å². The molecule has 1 rings (SSSR count). The molecule has 0 radical (unpaired) electrons. The predicted octanol–water partition coefficient (Wildman–Crippen LogP) is 2.25. The Morgan fingerprint density at radius 1 is 1.36 bits per heavy atom. The Morgan fingerprint density at radius 3 is 2.52 bits per heavy atom. The van der Waals surface area contributed by atoms with Crippen LogP contribution in [0.3, 0.4) is 0 Å². The zero-order valence-corrected chi connectivity index (χ0v) is 15.6. The summed E-state index contributed by atoms with van der Waals surface area (Å²) in [6, 6.07) is 0. The number of rotatable bonds is 10. The van der Waals surface area contributed by atoms with Crippen molar-refractivity contribution < 1.29 is 19.1 Å². The maximum Gasteiger partial charge on any atom is 0.335 e. The lowest BCUT2D eigenvalue weighted by Crippen LogP contribution is -2.51. The molecule has 6 nitrogen and oxygen atoms in total. The summed E-state index contributed by atoms with van der Waals surface area (Å²) < 4.78 is 5.13. The molecule has 25 heavy (non-hydrogen) atoms. The van der Waals surface area contributed by atoms with Crippen LogP contribution in [0.1, 0.15) is 26.7 Å². The first-order valence-electron chi connectivity index (χ1n) is 8.17. The first-order valence-corrected chi connectivity index (χ1v) is 8.70. The van der Waals surface area contributed by atoms with Crippen molar-refractivity contribution >= 4 is 29.4 Å². The highest BCUT2D eigenvalue weighted by Gasteiger charge is 2.49. The van der Waals surface area contributed by atoms with Gasteiger partial charge in [0.15, 0.2) is 5.54 Å². The quantitative estimate of drug-likeness (QED) is 0.337. The highest BCUT2D eigenvalue weighted by molar-refractivity contribution is 6.27. The molecule has 0 aromatic carbocycles. The molecule has 1 heterocycles. The predicted molar refractivity (Wildman–Crippen MR) is 96.9 cm³/mol.